The molecule has 0 saturated heterocycles. The largest absolute Gasteiger partial charge is 0.493 e. The Kier molecular flexibility index (Phi) is 8.54. The highest BCUT2D eigenvalue weighted by Gasteiger charge is 2.10. The van der Waals surface area contributed by atoms with Crippen molar-refractivity contribution in [1.29, 1.82) is 0 Å². The van der Waals surface area contributed by atoms with Gasteiger partial charge in [0.1, 0.15) is 0 Å². The predicted molar refractivity (Wildman–Crippen MR) is 74.7 cm³/mol. The normalized spacial score (nSPS) is 11.6. The first-order valence-corrected chi connectivity index (χ1v) is 5.90. The number of ether oxygens (including phenoxy) is 2. The molecule has 1 rings (SSSR count). The lowest BCUT2D eigenvalue weighted by Gasteiger charge is -2.15. The molecule has 1 atom stereocenters. The first-order chi connectivity index (χ1) is 8.22. The minimum absolute atomic E-state index is 0. The van der Waals surface area contributed by atoms with Crippen LogP contribution in [0.1, 0.15) is 31.4 Å². The van der Waals surface area contributed by atoms with Gasteiger partial charge in [0, 0.05) is 12.6 Å². The minimum Gasteiger partial charge on any atom is -0.493 e. The van der Waals surface area contributed by atoms with Crippen molar-refractivity contribution in [3.8, 4) is 11.5 Å². The summed E-state index contributed by atoms with van der Waals surface area (Å²) in [6.45, 7) is 2.70. The van der Waals surface area contributed by atoms with Crippen LogP contribution >= 0.6 is 12.4 Å². The first kappa shape index (κ1) is 17.0. The number of nitrogens with two attached hydrogens (primary N) is 1. The van der Waals surface area contributed by atoms with Crippen LogP contribution in [0.3, 0.4) is 0 Å². The van der Waals surface area contributed by atoms with Gasteiger partial charge in [0.25, 0.3) is 0 Å². The van der Waals surface area contributed by atoms with Crippen LogP contribution in [0.15, 0.2) is 18.2 Å². The molecule has 1 aromatic carbocycles. The summed E-state index contributed by atoms with van der Waals surface area (Å²) in [5, 5.41) is 8.78. The number of hydrogen-bond donors (Lipinski definition) is 2. The third kappa shape index (κ3) is 4.72. The Morgan fingerprint density at radius 2 is 2.06 bits per heavy atom. The fourth-order valence-electron chi connectivity index (χ4n) is 1.67. The number of halogens is 1. The molecule has 0 bridgehead atoms. The van der Waals surface area contributed by atoms with Gasteiger partial charge in [0.05, 0.1) is 13.7 Å². The molecule has 0 amide bonds. The fourth-order valence-corrected chi connectivity index (χ4v) is 1.67. The van der Waals surface area contributed by atoms with Crippen LogP contribution in [0, 0.1) is 0 Å². The number of benzene rings is 1. The van der Waals surface area contributed by atoms with Crippen molar-refractivity contribution < 1.29 is 14.6 Å². The van der Waals surface area contributed by atoms with Gasteiger partial charge in [-0.15, -0.1) is 12.4 Å². The summed E-state index contributed by atoms with van der Waals surface area (Å²) >= 11 is 0. The van der Waals surface area contributed by atoms with Gasteiger partial charge in [0.2, 0.25) is 0 Å². The molecular weight excluding hydrogens is 254 g/mol. The van der Waals surface area contributed by atoms with Crippen molar-refractivity contribution in [1.82, 2.24) is 0 Å². The zero-order valence-electron chi connectivity index (χ0n) is 10.9. The van der Waals surface area contributed by atoms with Crippen molar-refractivity contribution in [3.63, 3.8) is 0 Å². The summed E-state index contributed by atoms with van der Waals surface area (Å²) in [4.78, 5) is 0. The lowest BCUT2D eigenvalue weighted by atomic mass is 10.0. The quantitative estimate of drug-likeness (QED) is 0.801. The third-order valence-electron chi connectivity index (χ3n) is 2.59. The number of hydrogen-bond acceptors (Lipinski definition) is 4. The number of rotatable bonds is 7. The monoisotopic (exact) mass is 275 g/mol. The van der Waals surface area contributed by atoms with Gasteiger partial charge in [-0.05, 0) is 37.5 Å². The van der Waals surface area contributed by atoms with Crippen LogP contribution in [-0.2, 0) is 0 Å². The van der Waals surface area contributed by atoms with E-state index >= 15 is 0 Å². The molecule has 3 N–H and O–H groups in total. The summed E-state index contributed by atoms with van der Waals surface area (Å²) in [6.07, 6.45) is 1.46. The first-order valence-electron chi connectivity index (χ1n) is 5.90. The molecule has 4 nitrogen and oxygen atoms in total. The van der Waals surface area contributed by atoms with Gasteiger partial charge in [-0.1, -0.05) is 6.07 Å². The SMILES string of the molecule is CCOc1ccc([C@H](N)CCCO)cc1OC.Cl. The van der Waals surface area contributed by atoms with Crippen molar-refractivity contribution >= 4 is 12.4 Å². The van der Waals surface area contributed by atoms with Gasteiger partial charge in [0.15, 0.2) is 11.5 Å². The number of aliphatic hydroxyl groups excluding tert-OH is 1. The Balaban J connectivity index is 0.00000289. The number of methoxy groups -OCH3 is 1. The highest BCUT2D eigenvalue weighted by molar-refractivity contribution is 5.85. The molecule has 0 unspecified atom stereocenters. The Morgan fingerprint density at radius 3 is 2.61 bits per heavy atom. The van der Waals surface area contributed by atoms with E-state index in [1.54, 1.807) is 7.11 Å². The molecule has 0 heterocycles. The summed E-state index contributed by atoms with van der Waals surface area (Å²) in [5.74, 6) is 1.43. The lowest BCUT2D eigenvalue weighted by Crippen LogP contribution is -2.11. The molecule has 0 fully saturated rings. The Morgan fingerprint density at radius 1 is 1.33 bits per heavy atom. The number of aliphatic hydroxyl groups is 1. The summed E-state index contributed by atoms with van der Waals surface area (Å²) in [6, 6.07) is 5.63. The third-order valence-corrected chi connectivity index (χ3v) is 2.59. The molecule has 1 aromatic rings. The maximum absolute atomic E-state index is 8.78. The second-order valence-corrected chi connectivity index (χ2v) is 3.82. The van der Waals surface area contributed by atoms with E-state index in [0.29, 0.717) is 18.8 Å². The molecule has 0 aromatic heterocycles. The Hall–Kier alpha value is -0.970. The minimum atomic E-state index is -0.0771. The smallest absolute Gasteiger partial charge is 0.161 e. The summed E-state index contributed by atoms with van der Waals surface area (Å²) < 4.78 is 10.7. The zero-order valence-corrected chi connectivity index (χ0v) is 11.7. The van der Waals surface area contributed by atoms with Crippen LogP contribution in [-0.4, -0.2) is 25.4 Å². The van der Waals surface area contributed by atoms with E-state index in [1.165, 1.54) is 0 Å². The van der Waals surface area contributed by atoms with Crippen LogP contribution < -0.4 is 15.2 Å². The maximum Gasteiger partial charge on any atom is 0.161 e. The average molecular weight is 276 g/mol. The molecule has 0 aliphatic carbocycles. The fraction of sp³-hybridized carbons (Fsp3) is 0.538. The summed E-state index contributed by atoms with van der Waals surface area (Å²) in [7, 11) is 1.61. The van der Waals surface area contributed by atoms with Crippen LogP contribution in [0.4, 0.5) is 0 Å². The topological polar surface area (TPSA) is 64.7 Å². The van der Waals surface area contributed by atoms with E-state index in [-0.39, 0.29) is 25.1 Å². The molecule has 18 heavy (non-hydrogen) atoms. The molecule has 104 valence electrons. The van der Waals surface area contributed by atoms with Crippen molar-refractivity contribution in [2.75, 3.05) is 20.3 Å². The highest BCUT2D eigenvalue weighted by atomic mass is 35.5. The van der Waals surface area contributed by atoms with E-state index in [9.17, 15) is 0 Å². The second kappa shape index (κ2) is 9.03. The van der Waals surface area contributed by atoms with Gasteiger partial charge in [-0.25, -0.2) is 0 Å². The predicted octanol–water partition coefficient (Wildman–Crippen LogP) is 2.29. The van der Waals surface area contributed by atoms with E-state index < -0.39 is 0 Å². The molecule has 0 spiro atoms. The molecule has 5 heteroatoms. The highest BCUT2D eigenvalue weighted by Crippen LogP contribution is 2.30. The average Bonchev–Trinajstić information content (AvgIpc) is 2.36. The van der Waals surface area contributed by atoms with Crippen LogP contribution in [0.25, 0.3) is 0 Å². The molecule has 0 radical (unpaired) electrons. The van der Waals surface area contributed by atoms with Crippen LogP contribution in [0.2, 0.25) is 0 Å². The standard InChI is InChI=1S/C13H21NO3.ClH/c1-3-17-12-7-6-10(9-13(12)16-2)11(14)5-4-8-15;/h6-7,9,11,15H,3-5,8,14H2,1-2H3;1H/t11-;/m1./s1. The van der Waals surface area contributed by atoms with Gasteiger partial charge in [-0.3, -0.25) is 0 Å². The van der Waals surface area contributed by atoms with E-state index in [1.807, 2.05) is 25.1 Å². The maximum atomic E-state index is 8.78. The van der Waals surface area contributed by atoms with Crippen molar-refractivity contribution in [2.24, 2.45) is 5.73 Å². The van der Waals surface area contributed by atoms with Gasteiger partial charge >= 0.3 is 0 Å². The molecule has 0 saturated carbocycles. The second-order valence-electron chi connectivity index (χ2n) is 3.82. The zero-order chi connectivity index (χ0) is 12.7. The molecular formula is C13H22ClNO3. The molecule has 0 aliphatic rings. The van der Waals surface area contributed by atoms with Gasteiger partial charge in [-0.2, -0.15) is 0 Å². The van der Waals surface area contributed by atoms with Crippen molar-refractivity contribution in [3.05, 3.63) is 23.8 Å². The Bertz CT molecular complexity index is 347. The van der Waals surface area contributed by atoms with Crippen LogP contribution in [0.5, 0.6) is 11.5 Å². The van der Waals surface area contributed by atoms with E-state index in [0.717, 1.165) is 17.7 Å². The van der Waals surface area contributed by atoms with Gasteiger partial charge < -0.3 is 20.3 Å². The lowest BCUT2D eigenvalue weighted by molar-refractivity contribution is 0.279. The van der Waals surface area contributed by atoms with E-state index in [2.05, 4.69) is 0 Å². The Labute approximate surface area is 115 Å². The molecule has 0 aliphatic heterocycles. The summed E-state index contributed by atoms with van der Waals surface area (Å²) in [5.41, 5.74) is 7.02. The van der Waals surface area contributed by atoms with Crippen molar-refractivity contribution in [2.45, 2.75) is 25.8 Å². The van der Waals surface area contributed by atoms with E-state index in [4.69, 9.17) is 20.3 Å².